The summed E-state index contributed by atoms with van der Waals surface area (Å²) < 4.78 is 0. The van der Waals surface area contributed by atoms with Gasteiger partial charge < -0.3 is 20.4 Å². The summed E-state index contributed by atoms with van der Waals surface area (Å²) in [6.45, 7) is 3.50. The fourth-order valence-electron chi connectivity index (χ4n) is 3.25. The van der Waals surface area contributed by atoms with Crippen LogP contribution in [0.5, 0.6) is 0 Å². The van der Waals surface area contributed by atoms with Crippen LogP contribution in [0.4, 0.5) is 4.79 Å². The van der Waals surface area contributed by atoms with Gasteiger partial charge in [0, 0.05) is 38.6 Å². The van der Waals surface area contributed by atoms with Gasteiger partial charge in [-0.05, 0) is 32.9 Å². The summed E-state index contributed by atoms with van der Waals surface area (Å²) in [5.74, 6) is 0.211. The van der Waals surface area contributed by atoms with Crippen molar-refractivity contribution in [3.63, 3.8) is 0 Å². The number of carbonyl (C=O) groups is 2. The van der Waals surface area contributed by atoms with Crippen molar-refractivity contribution in [2.45, 2.75) is 51.0 Å². The van der Waals surface area contributed by atoms with Gasteiger partial charge >= 0.3 is 6.03 Å². The fraction of sp³-hybridized carbons (Fsp3) is 0.875. The van der Waals surface area contributed by atoms with Crippen LogP contribution < -0.4 is 10.6 Å². The number of piperazine rings is 1. The Bertz CT molecular complexity index is 361. The number of amides is 3. The van der Waals surface area contributed by atoms with Crippen molar-refractivity contribution in [2.24, 2.45) is 0 Å². The van der Waals surface area contributed by atoms with Crippen LogP contribution in [-0.4, -0.2) is 67.6 Å². The van der Waals surface area contributed by atoms with Crippen LogP contribution in [0, 0.1) is 0 Å². The molecule has 0 atom stereocenters. The van der Waals surface area contributed by atoms with E-state index in [9.17, 15) is 9.59 Å². The van der Waals surface area contributed by atoms with E-state index in [1.54, 1.807) is 0 Å². The van der Waals surface area contributed by atoms with E-state index >= 15 is 0 Å². The molecular weight excluding hydrogens is 280 g/mol. The van der Waals surface area contributed by atoms with Crippen LogP contribution in [0.15, 0.2) is 0 Å². The van der Waals surface area contributed by atoms with Crippen LogP contribution in [0.3, 0.4) is 0 Å². The molecule has 0 unspecified atom stereocenters. The maximum Gasteiger partial charge on any atom is 0.317 e. The maximum absolute atomic E-state index is 12.3. The van der Waals surface area contributed by atoms with Crippen molar-refractivity contribution >= 4 is 11.9 Å². The van der Waals surface area contributed by atoms with Gasteiger partial charge in [0.1, 0.15) is 0 Å². The van der Waals surface area contributed by atoms with E-state index in [0.717, 1.165) is 25.8 Å². The zero-order valence-electron chi connectivity index (χ0n) is 13.8. The number of urea groups is 1. The van der Waals surface area contributed by atoms with Gasteiger partial charge in [0.25, 0.3) is 0 Å². The van der Waals surface area contributed by atoms with Gasteiger partial charge in [-0.1, -0.05) is 19.3 Å². The average Bonchev–Trinajstić information content (AvgIpc) is 2.56. The molecule has 0 spiro atoms. The zero-order chi connectivity index (χ0) is 15.8. The van der Waals surface area contributed by atoms with Crippen LogP contribution >= 0.6 is 0 Å². The van der Waals surface area contributed by atoms with Gasteiger partial charge in [-0.3, -0.25) is 4.79 Å². The average molecular weight is 310 g/mol. The standard InChI is InChI=1S/C16H30N4O2/c1-17-9-5-8-15(21)19-10-12-20(13-11-19)16(22)18-14-6-3-2-4-7-14/h14,17H,2-13H2,1H3,(H,18,22). The minimum atomic E-state index is 0.0502. The molecule has 2 aliphatic rings. The van der Waals surface area contributed by atoms with E-state index < -0.39 is 0 Å². The molecular formula is C16H30N4O2. The van der Waals surface area contributed by atoms with Crippen LogP contribution in [-0.2, 0) is 4.79 Å². The van der Waals surface area contributed by atoms with Gasteiger partial charge in [-0.2, -0.15) is 0 Å². The van der Waals surface area contributed by atoms with Gasteiger partial charge in [-0.15, -0.1) is 0 Å². The molecule has 2 N–H and O–H groups in total. The number of carbonyl (C=O) groups excluding carboxylic acids is 2. The Hall–Kier alpha value is -1.30. The number of nitrogens with zero attached hydrogens (tertiary/aromatic N) is 2. The quantitative estimate of drug-likeness (QED) is 0.749. The lowest BCUT2D eigenvalue weighted by Gasteiger charge is -2.36. The molecule has 0 radical (unpaired) electrons. The largest absolute Gasteiger partial charge is 0.339 e. The molecule has 0 bridgehead atoms. The first-order valence-electron chi connectivity index (χ1n) is 8.68. The number of hydrogen-bond donors (Lipinski definition) is 2. The summed E-state index contributed by atoms with van der Waals surface area (Å²) in [5.41, 5.74) is 0. The normalized spacial score (nSPS) is 20.0. The minimum absolute atomic E-state index is 0.0502. The topological polar surface area (TPSA) is 64.7 Å². The summed E-state index contributed by atoms with van der Waals surface area (Å²) >= 11 is 0. The molecule has 2 fully saturated rings. The molecule has 1 aliphatic heterocycles. The highest BCUT2D eigenvalue weighted by Gasteiger charge is 2.25. The molecule has 0 aromatic carbocycles. The highest BCUT2D eigenvalue weighted by atomic mass is 16.2. The van der Waals surface area contributed by atoms with Crippen molar-refractivity contribution in [2.75, 3.05) is 39.8 Å². The first-order chi connectivity index (χ1) is 10.7. The van der Waals surface area contributed by atoms with Crippen LogP contribution in [0.25, 0.3) is 0 Å². The van der Waals surface area contributed by atoms with E-state index in [0.29, 0.717) is 38.6 Å². The third-order valence-corrected chi connectivity index (χ3v) is 4.67. The first-order valence-corrected chi connectivity index (χ1v) is 8.68. The predicted molar refractivity (Wildman–Crippen MR) is 86.7 cm³/mol. The SMILES string of the molecule is CNCCCC(=O)N1CCN(C(=O)NC2CCCCC2)CC1. The van der Waals surface area contributed by atoms with E-state index in [2.05, 4.69) is 10.6 Å². The summed E-state index contributed by atoms with van der Waals surface area (Å²) in [6.07, 6.45) is 7.42. The van der Waals surface area contributed by atoms with Crippen LogP contribution in [0.1, 0.15) is 44.9 Å². The fourth-order valence-corrected chi connectivity index (χ4v) is 3.25. The Morgan fingerprint density at radius 3 is 2.27 bits per heavy atom. The molecule has 126 valence electrons. The summed E-state index contributed by atoms with van der Waals surface area (Å²) in [4.78, 5) is 28.0. The van der Waals surface area contributed by atoms with E-state index in [-0.39, 0.29) is 11.9 Å². The highest BCUT2D eigenvalue weighted by Crippen LogP contribution is 2.17. The van der Waals surface area contributed by atoms with Crippen LogP contribution in [0.2, 0.25) is 0 Å². The van der Waals surface area contributed by atoms with Crippen molar-refractivity contribution in [1.82, 2.24) is 20.4 Å². The monoisotopic (exact) mass is 310 g/mol. The molecule has 0 aromatic rings. The Balaban J connectivity index is 1.67. The summed E-state index contributed by atoms with van der Waals surface area (Å²) in [5, 5.41) is 6.20. The van der Waals surface area contributed by atoms with Gasteiger partial charge in [0.2, 0.25) is 5.91 Å². The lowest BCUT2D eigenvalue weighted by molar-refractivity contribution is -0.132. The van der Waals surface area contributed by atoms with E-state index in [1.165, 1.54) is 19.3 Å². The summed E-state index contributed by atoms with van der Waals surface area (Å²) in [7, 11) is 1.90. The molecule has 6 heteroatoms. The van der Waals surface area contributed by atoms with Gasteiger partial charge in [0.05, 0.1) is 0 Å². The predicted octanol–water partition coefficient (Wildman–Crippen LogP) is 1.17. The lowest BCUT2D eigenvalue weighted by atomic mass is 9.96. The highest BCUT2D eigenvalue weighted by molar-refractivity contribution is 5.77. The molecule has 3 amide bonds. The lowest BCUT2D eigenvalue weighted by Crippen LogP contribution is -2.54. The maximum atomic E-state index is 12.3. The van der Waals surface area contributed by atoms with Crippen molar-refractivity contribution < 1.29 is 9.59 Å². The molecule has 1 heterocycles. The second-order valence-electron chi connectivity index (χ2n) is 6.36. The zero-order valence-corrected chi connectivity index (χ0v) is 13.8. The smallest absolute Gasteiger partial charge is 0.317 e. The number of hydrogen-bond acceptors (Lipinski definition) is 3. The Kier molecular flexibility index (Phi) is 6.96. The summed E-state index contributed by atoms with van der Waals surface area (Å²) in [6, 6.07) is 0.400. The van der Waals surface area contributed by atoms with Gasteiger partial charge in [-0.25, -0.2) is 4.79 Å². The number of nitrogens with one attached hydrogen (secondary N) is 2. The Labute approximate surface area is 133 Å². The third-order valence-electron chi connectivity index (χ3n) is 4.67. The number of rotatable bonds is 5. The third kappa shape index (κ3) is 5.16. The molecule has 2 rings (SSSR count). The van der Waals surface area contributed by atoms with Crippen molar-refractivity contribution in [3.05, 3.63) is 0 Å². The molecule has 1 saturated carbocycles. The second kappa shape index (κ2) is 8.98. The minimum Gasteiger partial charge on any atom is -0.339 e. The molecule has 1 aliphatic carbocycles. The van der Waals surface area contributed by atoms with Crippen molar-refractivity contribution in [3.8, 4) is 0 Å². The molecule has 22 heavy (non-hydrogen) atoms. The molecule has 0 aromatic heterocycles. The molecule has 1 saturated heterocycles. The van der Waals surface area contributed by atoms with Gasteiger partial charge in [0.15, 0.2) is 0 Å². The Morgan fingerprint density at radius 2 is 1.64 bits per heavy atom. The molecule has 6 nitrogen and oxygen atoms in total. The second-order valence-corrected chi connectivity index (χ2v) is 6.36. The van der Waals surface area contributed by atoms with Crippen molar-refractivity contribution in [1.29, 1.82) is 0 Å². The Morgan fingerprint density at radius 1 is 1.00 bits per heavy atom. The van der Waals surface area contributed by atoms with E-state index in [4.69, 9.17) is 0 Å². The van der Waals surface area contributed by atoms with E-state index in [1.807, 2.05) is 16.8 Å². The first kappa shape index (κ1) is 17.1.